The van der Waals surface area contributed by atoms with E-state index in [1.807, 2.05) is 13.0 Å². The topological polar surface area (TPSA) is 28.7 Å². The second-order valence-electron chi connectivity index (χ2n) is 4.27. The molecule has 102 valence electrons. The van der Waals surface area contributed by atoms with Gasteiger partial charge in [0.25, 0.3) is 0 Å². The molecular formula is C14H9BrF2N2S. The molecule has 0 radical (unpaired) electrons. The zero-order chi connectivity index (χ0) is 14.3. The highest BCUT2D eigenvalue weighted by molar-refractivity contribution is 9.10. The first-order chi connectivity index (χ1) is 9.58. The third-order valence-corrected chi connectivity index (χ3v) is 5.05. The molecule has 20 heavy (non-hydrogen) atoms. The molecule has 0 saturated carbocycles. The third-order valence-electron chi connectivity index (χ3n) is 2.88. The molecule has 1 aromatic carbocycles. The summed E-state index contributed by atoms with van der Waals surface area (Å²) in [6.45, 7) is 1.85. The molecule has 0 spiro atoms. The van der Waals surface area contributed by atoms with Gasteiger partial charge in [-0.25, -0.2) is 8.78 Å². The van der Waals surface area contributed by atoms with E-state index in [2.05, 4.69) is 25.9 Å². The van der Waals surface area contributed by atoms with Gasteiger partial charge in [0.05, 0.1) is 10.4 Å². The quantitative estimate of drug-likeness (QED) is 0.651. The van der Waals surface area contributed by atoms with Crippen LogP contribution in [0, 0.1) is 18.6 Å². The van der Waals surface area contributed by atoms with Crippen LogP contribution in [0.4, 0.5) is 8.78 Å². The Balaban J connectivity index is 2.16. The fourth-order valence-electron chi connectivity index (χ4n) is 1.95. The standard InChI is InChI=1S/C14H9BrF2N2S/c1-7-6-8(2-4-18-7)20-14-10(15)9-3-5-19-13(9)11(16)12(14)17/h2-6,19H,1H3. The van der Waals surface area contributed by atoms with Crippen molar-refractivity contribution in [3.05, 3.63) is 52.4 Å². The first-order valence-electron chi connectivity index (χ1n) is 5.82. The Labute approximate surface area is 126 Å². The maximum atomic E-state index is 14.2. The number of H-pyrrole nitrogens is 1. The summed E-state index contributed by atoms with van der Waals surface area (Å²) >= 11 is 4.53. The van der Waals surface area contributed by atoms with Crippen LogP contribution in [0.2, 0.25) is 0 Å². The number of aryl methyl sites for hydroxylation is 1. The van der Waals surface area contributed by atoms with Crippen LogP contribution < -0.4 is 0 Å². The molecule has 0 atom stereocenters. The van der Waals surface area contributed by atoms with Crippen molar-refractivity contribution in [1.82, 2.24) is 9.97 Å². The Hall–Kier alpha value is -1.40. The predicted octanol–water partition coefficient (Wildman–Crippen LogP) is 5.06. The number of rotatable bonds is 2. The number of benzene rings is 1. The molecule has 0 aliphatic heterocycles. The van der Waals surface area contributed by atoms with Gasteiger partial charge in [-0.05, 0) is 41.1 Å². The van der Waals surface area contributed by atoms with Crippen LogP contribution >= 0.6 is 27.7 Å². The monoisotopic (exact) mass is 354 g/mol. The van der Waals surface area contributed by atoms with Crippen molar-refractivity contribution in [1.29, 1.82) is 0 Å². The van der Waals surface area contributed by atoms with Gasteiger partial charge < -0.3 is 4.98 Å². The molecule has 3 rings (SSSR count). The molecule has 0 aliphatic rings. The van der Waals surface area contributed by atoms with Crippen molar-refractivity contribution < 1.29 is 8.78 Å². The number of aromatic amines is 1. The van der Waals surface area contributed by atoms with Crippen LogP contribution in [-0.4, -0.2) is 9.97 Å². The SMILES string of the molecule is Cc1cc(Sc2c(F)c(F)c3[nH]ccc3c2Br)ccn1. The van der Waals surface area contributed by atoms with Gasteiger partial charge in [0.15, 0.2) is 11.6 Å². The van der Waals surface area contributed by atoms with E-state index in [1.54, 1.807) is 24.5 Å². The van der Waals surface area contributed by atoms with Crippen LogP contribution in [0.25, 0.3) is 10.9 Å². The lowest BCUT2D eigenvalue weighted by Crippen LogP contribution is -1.92. The van der Waals surface area contributed by atoms with E-state index in [9.17, 15) is 8.78 Å². The second-order valence-corrected chi connectivity index (χ2v) is 6.15. The third kappa shape index (κ3) is 2.23. The number of hydrogen-bond acceptors (Lipinski definition) is 2. The van der Waals surface area contributed by atoms with Gasteiger partial charge in [-0.2, -0.15) is 0 Å². The zero-order valence-electron chi connectivity index (χ0n) is 10.4. The summed E-state index contributed by atoms with van der Waals surface area (Å²) in [4.78, 5) is 7.84. The smallest absolute Gasteiger partial charge is 0.184 e. The number of fused-ring (bicyclic) bond motifs is 1. The first-order valence-corrected chi connectivity index (χ1v) is 7.43. The average Bonchev–Trinajstić information content (AvgIpc) is 2.91. The van der Waals surface area contributed by atoms with Crippen LogP contribution in [0.5, 0.6) is 0 Å². The Morgan fingerprint density at radius 2 is 2.05 bits per heavy atom. The second kappa shape index (κ2) is 5.18. The predicted molar refractivity (Wildman–Crippen MR) is 79.0 cm³/mol. The van der Waals surface area contributed by atoms with Gasteiger partial charge in [0.1, 0.15) is 0 Å². The molecule has 2 nitrogen and oxygen atoms in total. The van der Waals surface area contributed by atoms with Crippen molar-refractivity contribution >= 4 is 38.6 Å². The maximum absolute atomic E-state index is 14.2. The molecule has 2 aromatic heterocycles. The maximum Gasteiger partial charge on any atom is 0.184 e. The van der Waals surface area contributed by atoms with Crippen molar-refractivity contribution in [2.75, 3.05) is 0 Å². The Bertz CT molecular complexity index is 801. The van der Waals surface area contributed by atoms with Gasteiger partial charge in [-0.15, -0.1) is 0 Å². The number of halogens is 3. The van der Waals surface area contributed by atoms with Crippen molar-refractivity contribution in [2.24, 2.45) is 0 Å². The Morgan fingerprint density at radius 3 is 2.80 bits per heavy atom. The minimum absolute atomic E-state index is 0.171. The molecule has 1 N–H and O–H groups in total. The van der Waals surface area contributed by atoms with E-state index in [0.29, 0.717) is 9.86 Å². The van der Waals surface area contributed by atoms with Crippen LogP contribution in [0.1, 0.15) is 5.69 Å². The number of nitrogens with one attached hydrogen (secondary N) is 1. The van der Waals surface area contributed by atoms with Gasteiger partial charge in [-0.3, -0.25) is 4.98 Å². The normalized spacial score (nSPS) is 11.2. The minimum Gasteiger partial charge on any atom is -0.359 e. The molecule has 2 heterocycles. The van der Waals surface area contributed by atoms with Gasteiger partial charge in [0, 0.05) is 32.8 Å². The minimum atomic E-state index is -0.860. The average molecular weight is 355 g/mol. The molecule has 6 heteroatoms. The highest BCUT2D eigenvalue weighted by Gasteiger charge is 2.20. The van der Waals surface area contributed by atoms with E-state index in [0.717, 1.165) is 10.6 Å². The van der Waals surface area contributed by atoms with E-state index < -0.39 is 11.6 Å². The van der Waals surface area contributed by atoms with E-state index in [4.69, 9.17) is 0 Å². The Morgan fingerprint density at radius 1 is 1.25 bits per heavy atom. The van der Waals surface area contributed by atoms with Gasteiger partial charge >= 0.3 is 0 Å². The summed E-state index contributed by atoms with van der Waals surface area (Å²) < 4.78 is 28.7. The van der Waals surface area contributed by atoms with Crippen LogP contribution in [0.15, 0.2) is 44.9 Å². The number of pyridine rings is 1. The first kappa shape index (κ1) is 13.6. The molecular weight excluding hydrogens is 346 g/mol. The number of aromatic nitrogens is 2. The van der Waals surface area contributed by atoms with E-state index >= 15 is 0 Å². The van der Waals surface area contributed by atoms with E-state index in [-0.39, 0.29) is 10.4 Å². The highest BCUT2D eigenvalue weighted by atomic mass is 79.9. The summed E-state index contributed by atoms with van der Waals surface area (Å²) in [6.07, 6.45) is 3.23. The van der Waals surface area contributed by atoms with Crippen molar-refractivity contribution in [3.63, 3.8) is 0 Å². The molecule has 0 saturated heterocycles. The lowest BCUT2D eigenvalue weighted by molar-refractivity contribution is 0.497. The molecule has 0 amide bonds. The largest absolute Gasteiger partial charge is 0.359 e. The summed E-state index contributed by atoms with van der Waals surface area (Å²) in [6, 6.07) is 5.31. The molecule has 0 unspecified atom stereocenters. The fourth-order valence-corrected chi connectivity index (χ4v) is 3.67. The zero-order valence-corrected chi connectivity index (χ0v) is 12.8. The Kier molecular flexibility index (Phi) is 3.52. The van der Waals surface area contributed by atoms with Crippen molar-refractivity contribution in [2.45, 2.75) is 16.7 Å². The number of nitrogens with zero attached hydrogens (tertiary/aromatic N) is 1. The van der Waals surface area contributed by atoms with Crippen molar-refractivity contribution in [3.8, 4) is 0 Å². The van der Waals surface area contributed by atoms with Crippen LogP contribution in [0.3, 0.4) is 0 Å². The lowest BCUT2D eigenvalue weighted by atomic mass is 10.2. The molecule has 0 bridgehead atoms. The summed E-state index contributed by atoms with van der Waals surface area (Å²) in [5, 5.41) is 0.622. The molecule has 0 fully saturated rings. The highest BCUT2D eigenvalue weighted by Crippen LogP contribution is 2.41. The fraction of sp³-hybridized carbons (Fsp3) is 0.0714. The summed E-state index contributed by atoms with van der Waals surface area (Å²) in [7, 11) is 0. The lowest BCUT2D eigenvalue weighted by Gasteiger charge is -2.09. The van der Waals surface area contributed by atoms with Crippen LogP contribution in [-0.2, 0) is 0 Å². The summed E-state index contributed by atoms with van der Waals surface area (Å²) in [5.74, 6) is -1.72. The number of hydrogen-bond donors (Lipinski definition) is 1. The summed E-state index contributed by atoms with van der Waals surface area (Å²) in [5.41, 5.74) is 0.999. The van der Waals surface area contributed by atoms with E-state index in [1.165, 1.54) is 11.8 Å². The van der Waals surface area contributed by atoms with Gasteiger partial charge in [0.2, 0.25) is 0 Å². The van der Waals surface area contributed by atoms with Gasteiger partial charge in [-0.1, -0.05) is 11.8 Å². The molecule has 0 aliphatic carbocycles. The molecule has 3 aromatic rings.